The highest BCUT2D eigenvalue weighted by atomic mass is 32.2. The zero-order chi connectivity index (χ0) is 11.4. The van der Waals surface area contributed by atoms with Crippen molar-refractivity contribution in [2.24, 2.45) is 0 Å². The van der Waals surface area contributed by atoms with Crippen molar-refractivity contribution >= 4 is 11.8 Å². The quantitative estimate of drug-likeness (QED) is 0.736. The van der Waals surface area contributed by atoms with E-state index in [1.165, 1.54) is 10.5 Å². The Hall–Kier alpha value is -0.980. The number of benzene rings is 1. The molecule has 0 aliphatic carbocycles. The van der Waals surface area contributed by atoms with Crippen LogP contribution in [0.15, 0.2) is 29.2 Å². The van der Waals surface area contributed by atoms with E-state index in [1.807, 2.05) is 12.1 Å². The summed E-state index contributed by atoms with van der Waals surface area (Å²) in [5.74, 6) is 0. The van der Waals surface area contributed by atoms with E-state index in [2.05, 4.69) is 24.5 Å². The van der Waals surface area contributed by atoms with Crippen LogP contribution in [0.5, 0.6) is 0 Å². The Labute approximate surface area is 101 Å². The number of rotatable bonds is 2. The smallest absolute Gasteiger partial charge is 0.0876 e. The van der Waals surface area contributed by atoms with E-state index in [9.17, 15) is 5.26 Å². The van der Waals surface area contributed by atoms with E-state index >= 15 is 0 Å². The van der Waals surface area contributed by atoms with Crippen molar-refractivity contribution in [2.45, 2.75) is 23.2 Å². The second kappa shape index (κ2) is 4.90. The lowest BCUT2D eigenvalue weighted by Gasteiger charge is -2.32. The zero-order valence-electron chi connectivity index (χ0n) is 9.40. The fourth-order valence-electron chi connectivity index (χ4n) is 2.20. The highest BCUT2D eigenvalue weighted by Crippen LogP contribution is 2.38. The maximum Gasteiger partial charge on any atom is 0.0876 e. The Bertz CT molecular complexity index is 405. The number of ether oxygens (including phenoxy) is 1. The minimum atomic E-state index is -0.335. The van der Waals surface area contributed by atoms with Gasteiger partial charge in [0.2, 0.25) is 0 Å². The van der Waals surface area contributed by atoms with Gasteiger partial charge < -0.3 is 4.74 Å². The number of hydrogen-bond donors (Lipinski definition) is 0. The van der Waals surface area contributed by atoms with Crippen molar-refractivity contribution in [3.63, 3.8) is 0 Å². The van der Waals surface area contributed by atoms with Gasteiger partial charge in [-0.15, -0.1) is 11.8 Å². The largest absolute Gasteiger partial charge is 0.381 e. The second-order valence-electron chi connectivity index (χ2n) is 4.01. The van der Waals surface area contributed by atoms with Gasteiger partial charge in [0.05, 0.1) is 11.5 Å². The van der Waals surface area contributed by atoms with Crippen LogP contribution in [0, 0.1) is 11.3 Å². The number of nitriles is 1. The molecule has 1 aromatic rings. The first-order valence-electron chi connectivity index (χ1n) is 5.45. The third-order valence-electron chi connectivity index (χ3n) is 3.18. The van der Waals surface area contributed by atoms with E-state index in [4.69, 9.17) is 4.74 Å². The maximum absolute atomic E-state index is 9.50. The van der Waals surface area contributed by atoms with Gasteiger partial charge in [0.15, 0.2) is 0 Å². The fraction of sp³-hybridized carbons (Fsp3) is 0.462. The molecular formula is C13H15NOS. The molecule has 16 heavy (non-hydrogen) atoms. The van der Waals surface area contributed by atoms with E-state index in [-0.39, 0.29) is 5.41 Å². The third-order valence-corrected chi connectivity index (χ3v) is 3.98. The van der Waals surface area contributed by atoms with Crippen LogP contribution < -0.4 is 0 Å². The molecule has 3 heteroatoms. The summed E-state index contributed by atoms with van der Waals surface area (Å²) in [7, 11) is 0. The molecule has 0 bridgehead atoms. The summed E-state index contributed by atoms with van der Waals surface area (Å²) in [6, 6.07) is 10.7. The summed E-state index contributed by atoms with van der Waals surface area (Å²) < 4.78 is 5.36. The number of nitrogens with zero attached hydrogens (tertiary/aromatic N) is 1. The van der Waals surface area contributed by atoms with E-state index in [1.54, 1.807) is 11.8 Å². The van der Waals surface area contributed by atoms with Gasteiger partial charge in [0.25, 0.3) is 0 Å². The first kappa shape index (κ1) is 11.5. The van der Waals surface area contributed by atoms with Crippen LogP contribution in [-0.2, 0) is 10.2 Å². The zero-order valence-corrected chi connectivity index (χ0v) is 10.2. The monoisotopic (exact) mass is 233 g/mol. The van der Waals surface area contributed by atoms with Gasteiger partial charge >= 0.3 is 0 Å². The highest BCUT2D eigenvalue weighted by molar-refractivity contribution is 7.98. The average molecular weight is 233 g/mol. The average Bonchev–Trinajstić information content (AvgIpc) is 2.39. The van der Waals surface area contributed by atoms with Crippen molar-refractivity contribution < 1.29 is 4.74 Å². The lowest BCUT2D eigenvalue weighted by molar-refractivity contribution is 0.0668. The van der Waals surface area contributed by atoms with Crippen LogP contribution in [0.2, 0.25) is 0 Å². The summed E-state index contributed by atoms with van der Waals surface area (Å²) in [4.78, 5) is 1.21. The topological polar surface area (TPSA) is 33.0 Å². The van der Waals surface area contributed by atoms with Gasteiger partial charge in [-0.3, -0.25) is 0 Å². The predicted molar refractivity (Wildman–Crippen MR) is 65.6 cm³/mol. The van der Waals surface area contributed by atoms with Gasteiger partial charge in [-0.2, -0.15) is 5.26 Å². The lowest BCUT2D eigenvalue weighted by atomic mass is 9.75. The molecule has 1 fully saturated rings. The molecule has 0 amide bonds. The molecule has 1 saturated heterocycles. The van der Waals surface area contributed by atoms with E-state index < -0.39 is 0 Å². The molecule has 0 atom stereocenters. The van der Waals surface area contributed by atoms with Crippen LogP contribution >= 0.6 is 11.8 Å². The van der Waals surface area contributed by atoms with Crippen LogP contribution in [0.1, 0.15) is 18.4 Å². The molecular weight excluding hydrogens is 218 g/mol. The summed E-state index contributed by atoms with van der Waals surface area (Å²) in [6.07, 6.45) is 3.67. The Morgan fingerprint density at radius 2 is 2.00 bits per heavy atom. The molecule has 0 spiro atoms. The van der Waals surface area contributed by atoms with Gasteiger partial charge in [-0.25, -0.2) is 0 Å². The molecule has 84 valence electrons. The highest BCUT2D eigenvalue weighted by Gasteiger charge is 2.36. The minimum absolute atomic E-state index is 0.335. The molecule has 0 N–H and O–H groups in total. The second-order valence-corrected chi connectivity index (χ2v) is 4.85. The van der Waals surface area contributed by atoms with E-state index in [0.717, 1.165) is 12.8 Å². The first-order valence-corrected chi connectivity index (χ1v) is 6.67. The number of thioether (sulfide) groups is 1. The Kier molecular flexibility index (Phi) is 3.52. The van der Waals surface area contributed by atoms with E-state index in [0.29, 0.717) is 13.2 Å². The van der Waals surface area contributed by atoms with Crippen LogP contribution in [0.3, 0.4) is 0 Å². The molecule has 1 heterocycles. The molecule has 1 aliphatic heterocycles. The van der Waals surface area contributed by atoms with Crippen molar-refractivity contribution in [3.05, 3.63) is 29.8 Å². The normalized spacial score (nSPS) is 19.0. The number of hydrogen-bond acceptors (Lipinski definition) is 3. The lowest BCUT2D eigenvalue weighted by Crippen LogP contribution is -2.32. The van der Waals surface area contributed by atoms with Gasteiger partial charge in [-0.1, -0.05) is 18.2 Å². The molecule has 1 aromatic carbocycles. The van der Waals surface area contributed by atoms with Crippen LogP contribution in [0.4, 0.5) is 0 Å². The predicted octanol–water partition coefficient (Wildman–Crippen LogP) is 2.98. The first-order chi connectivity index (χ1) is 7.82. The third kappa shape index (κ3) is 1.95. The molecule has 2 rings (SSSR count). The molecule has 2 nitrogen and oxygen atoms in total. The summed E-state index contributed by atoms with van der Waals surface area (Å²) in [5, 5.41) is 9.50. The fourth-order valence-corrected chi connectivity index (χ4v) is 2.90. The van der Waals surface area contributed by atoms with Crippen LogP contribution in [0.25, 0.3) is 0 Å². The van der Waals surface area contributed by atoms with Crippen LogP contribution in [-0.4, -0.2) is 19.5 Å². The standard InChI is InChI=1S/C13H15NOS/c1-16-12-5-3-2-4-11(12)13(10-14)6-8-15-9-7-13/h2-5H,6-9H2,1H3. The molecule has 0 saturated carbocycles. The van der Waals surface area contributed by atoms with Gasteiger partial charge in [-0.05, 0) is 30.7 Å². The molecule has 0 aromatic heterocycles. The summed E-state index contributed by atoms with van der Waals surface area (Å²) in [6.45, 7) is 1.38. The van der Waals surface area contributed by atoms with Crippen molar-refractivity contribution in [3.8, 4) is 6.07 Å². The van der Waals surface area contributed by atoms with Gasteiger partial charge in [0, 0.05) is 18.1 Å². The SMILES string of the molecule is CSc1ccccc1C1(C#N)CCOCC1. The Balaban J connectivity index is 2.43. The maximum atomic E-state index is 9.50. The summed E-state index contributed by atoms with van der Waals surface area (Å²) >= 11 is 1.71. The molecule has 0 unspecified atom stereocenters. The van der Waals surface area contributed by atoms with Crippen molar-refractivity contribution in [1.29, 1.82) is 5.26 Å². The molecule has 0 radical (unpaired) electrons. The van der Waals surface area contributed by atoms with Crippen molar-refractivity contribution in [1.82, 2.24) is 0 Å². The molecule has 1 aliphatic rings. The van der Waals surface area contributed by atoms with Gasteiger partial charge in [0.1, 0.15) is 0 Å². The summed E-state index contributed by atoms with van der Waals surface area (Å²) in [5.41, 5.74) is 0.839. The Morgan fingerprint density at radius 1 is 1.31 bits per heavy atom. The minimum Gasteiger partial charge on any atom is -0.381 e. The Morgan fingerprint density at radius 3 is 2.62 bits per heavy atom. The van der Waals surface area contributed by atoms with Crippen molar-refractivity contribution in [2.75, 3.05) is 19.5 Å².